The number of nitrogen functional groups attached to an aromatic ring is 1. The Morgan fingerprint density at radius 2 is 2.04 bits per heavy atom. The third-order valence-corrected chi connectivity index (χ3v) is 4.82. The molecule has 0 aliphatic carbocycles. The highest BCUT2D eigenvalue weighted by atomic mass is 32.2. The number of fused-ring (bicyclic) bond motifs is 1. The molecule has 0 aliphatic rings. The summed E-state index contributed by atoms with van der Waals surface area (Å²) in [6.07, 6.45) is 2.07. The lowest BCUT2D eigenvalue weighted by Gasteiger charge is -2.11. The molecule has 0 unspecified atom stereocenters. The molecule has 0 fully saturated rings. The van der Waals surface area contributed by atoms with Gasteiger partial charge in [0, 0.05) is 11.9 Å². The van der Waals surface area contributed by atoms with Gasteiger partial charge in [-0.1, -0.05) is 36.9 Å². The zero-order chi connectivity index (χ0) is 18.7. The van der Waals surface area contributed by atoms with Crippen molar-refractivity contribution in [1.82, 2.24) is 19.5 Å². The zero-order valence-corrected chi connectivity index (χ0v) is 14.9. The van der Waals surface area contributed by atoms with E-state index in [1.54, 1.807) is 0 Å². The highest BCUT2D eigenvalue weighted by Gasteiger charge is 2.19. The second-order valence-corrected chi connectivity index (χ2v) is 6.54. The molecule has 1 aromatic carbocycles. The van der Waals surface area contributed by atoms with E-state index in [-0.39, 0.29) is 17.1 Å². The second kappa shape index (κ2) is 7.52. The minimum Gasteiger partial charge on any atom is -0.384 e. The molecule has 0 saturated carbocycles. The molecule has 0 bridgehead atoms. The van der Waals surface area contributed by atoms with E-state index >= 15 is 0 Å². The maximum Gasteiger partial charge on any atom is 0.329 e. The molecule has 26 heavy (non-hydrogen) atoms. The van der Waals surface area contributed by atoms with Crippen molar-refractivity contribution in [2.45, 2.75) is 24.9 Å². The fourth-order valence-corrected chi connectivity index (χ4v) is 3.47. The van der Waals surface area contributed by atoms with E-state index in [0.29, 0.717) is 18.0 Å². The molecule has 0 amide bonds. The number of carbonyl (C=O) groups is 1. The van der Waals surface area contributed by atoms with Crippen LogP contribution in [0.3, 0.4) is 0 Å². The van der Waals surface area contributed by atoms with Crippen molar-refractivity contribution >= 4 is 34.3 Å². The van der Waals surface area contributed by atoms with Gasteiger partial charge in [0.25, 0.3) is 5.56 Å². The molecule has 2 aromatic heterocycles. The van der Waals surface area contributed by atoms with E-state index in [4.69, 9.17) is 5.73 Å². The molecule has 0 saturated heterocycles. The lowest BCUT2D eigenvalue weighted by molar-refractivity contribution is 0.102. The van der Waals surface area contributed by atoms with Crippen LogP contribution in [0.4, 0.5) is 5.82 Å². The number of rotatable bonds is 6. The quantitative estimate of drug-likeness (QED) is 0.382. The van der Waals surface area contributed by atoms with Gasteiger partial charge in [0.2, 0.25) is 0 Å². The van der Waals surface area contributed by atoms with E-state index in [1.165, 1.54) is 22.7 Å². The van der Waals surface area contributed by atoms with Crippen LogP contribution in [0.25, 0.3) is 10.9 Å². The minimum absolute atomic E-state index is 0.0292. The summed E-state index contributed by atoms with van der Waals surface area (Å²) in [6.45, 7) is 2.19. The minimum atomic E-state index is -0.766. The van der Waals surface area contributed by atoms with Crippen molar-refractivity contribution < 1.29 is 4.79 Å². The van der Waals surface area contributed by atoms with E-state index in [0.717, 1.165) is 10.9 Å². The number of nitrogens with zero attached hydrogens (tertiary/aromatic N) is 3. The van der Waals surface area contributed by atoms with E-state index in [2.05, 4.69) is 15.0 Å². The summed E-state index contributed by atoms with van der Waals surface area (Å²) in [7, 11) is 0. The van der Waals surface area contributed by atoms with Crippen molar-refractivity contribution in [1.29, 1.82) is 0 Å². The molecule has 0 spiro atoms. The van der Waals surface area contributed by atoms with Gasteiger partial charge in [0.1, 0.15) is 22.7 Å². The predicted octanol–water partition coefficient (Wildman–Crippen LogP) is 1.45. The summed E-state index contributed by atoms with van der Waals surface area (Å²) in [5.41, 5.74) is 5.12. The average molecular weight is 371 g/mol. The first kappa shape index (κ1) is 17.9. The molecule has 0 atom stereocenters. The summed E-state index contributed by atoms with van der Waals surface area (Å²) < 4.78 is 1.21. The number of ketones is 1. The number of carbonyl (C=O) groups excluding carboxylic acids is 1. The van der Waals surface area contributed by atoms with E-state index in [9.17, 15) is 14.4 Å². The average Bonchev–Trinajstić information content (AvgIpc) is 2.63. The lowest BCUT2D eigenvalue weighted by Crippen LogP contribution is -2.36. The number of benzene rings is 1. The fourth-order valence-electron chi connectivity index (χ4n) is 2.60. The lowest BCUT2D eigenvalue weighted by atomic mass is 10.2. The Morgan fingerprint density at radius 3 is 2.81 bits per heavy atom. The number of anilines is 1. The molecule has 0 radical (unpaired) electrons. The monoisotopic (exact) mass is 371 g/mol. The second-order valence-electron chi connectivity index (χ2n) is 5.58. The normalized spacial score (nSPS) is 11.0. The third kappa shape index (κ3) is 3.38. The Labute approximate surface area is 152 Å². The van der Waals surface area contributed by atoms with Gasteiger partial charge in [-0.2, -0.15) is 0 Å². The van der Waals surface area contributed by atoms with Gasteiger partial charge in [0.05, 0.1) is 11.3 Å². The van der Waals surface area contributed by atoms with Gasteiger partial charge < -0.3 is 5.73 Å². The first-order chi connectivity index (χ1) is 12.5. The number of thioether (sulfide) groups is 1. The van der Waals surface area contributed by atoms with Crippen LogP contribution in [0.15, 0.2) is 45.2 Å². The smallest absolute Gasteiger partial charge is 0.329 e. The van der Waals surface area contributed by atoms with Gasteiger partial charge in [0.15, 0.2) is 5.78 Å². The molecule has 134 valence electrons. The Bertz CT molecular complexity index is 1080. The highest BCUT2D eigenvalue weighted by Crippen LogP contribution is 2.24. The van der Waals surface area contributed by atoms with Crippen molar-refractivity contribution in [3.8, 4) is 0 Å². The van der Waals surface area contributed by atoms with Crippen molar-refractivity contribution in [2.75, 3.05) is 11.5 Å². The van der Waals surface area contributed by atoms with Crippen LogP contribution in [0, 0.1) is 0 Å². The van der Waals surface area contributed by atoms with Crippen LogP contribution >= 0.6 is 11.8 Å². The molecular formula is C17H17N5O3S. The van der Waals surface area contributed by atoms with Gasteiger partial charge in [-0.3, -0.25) is 19.1 Å². The molecule has 8 nitrogen and oxygen atoms in total. The molecule has 2 heterocycles. The van der Waals surface area contributed by atoms with Crippen LogP contribution in [-0.2, 0) is 6.54 Å². The van der Waals surface area contributed by atoms with Crippen LogP contribution in [0.5, 0.6) is 0 Å². The Hall–Kier alpha value is -2.94. The SMILES string of the molecule is CCCn1c(N)c(C(=O)CSc2ncnc3ccccc23)c(=O)[nH]c1=O. The zero-order valence-electron chi connectivity index (χ0n) is 14.1. The Kier molecular flexibility index (Phi) is 5.17. The maximum absolute atomic E-state index is 12.6. The van der Waals surface area contributed by atoms with Crippen molar-refractivity contribution in [2.24, 2.45) is 0 Å². The van der Waals surface area contributed by atoms with Crippen LogP contribution in [-0.4, -0.2) is 31.1 Å². The summed E-state index contributed by atoms with van der Waals surface area (Å²) in [4.78, 5) is 47.0. The Balaban J connectivity index is 1.90. The first-order valence-corrected chi connectivity index (χ1v) is 8.99. The molecular weight excluding hydrogens is 354 g/mol. The van der Waals surface area contributed by atoms with Crippen LogP contribution in [0.2, 0.25) is 0 Å². The fraction of sp³-hybridized carbons (Fsp3) is 0.235. The van der Waals surface area contributed by atoms with E-state index < -0.39 is 17.0 Å². The summed E-state index contributed by atoms with van der Waals surface area (Å²) in [6, 6.07) is 7.45. The van der Waals surface area contributed by atoms with Crippen molar-refractivity contribution in [3.05, 3.63) is 57.0 Å². The van der Waals surface area contributed by atoms with Gasteiger partial charge in [-0.15, -0.1) is 0 Å². The molecule has 3 N–H and O–H groups in total. The topological polar surface area (TPSA) is 124 Å². The number of H-pyrrole nitrogens is 1. The molecule has 0 aliphatic heterocycles. The summed E-state index contributed by atoms with van der Waals surface area (Å²) >= 11 is 1.20. The number of nitrogens with one attached hydrogen (secondary N) is 1. The Morgan fingerprint density at radius 1 is 1.27 bits per heavy atom. The molecule has 3 aromatic rings. The predicted molar refractivity (Wildman–Crippen MR) is 101 cm³/mol. The molecule has 3 rings (SSSR count). The van der Waals surface area contributed by atoms with Crippen LogP contribution in [0.1, 0.15) is 23.7 Å². The summed E-state index contributed by atoms with van der Waals surface area (Å²) in [5, 5.41) is 1.46. The molecule has 9 heteroatoms. The number of hydrogen-bond acceptors (Lipinski definition) is 7. The number of aromatic nitrogens is 4. The van der Waals surface area contributed by atoms with Crippen molar-refractivity contribution in [3.63, 3.8) is 0 Å². The maximum atomic E-state index is 12.6. The highest BCUT2D eigenvalue weighted by molar-refractivity contribution is 8.00. The van der Waals surface area contributed by atoms with Gasteiger partial charge >= 0.3 is 5.69 Å². The van der Waals surface area contributed by atoms with E-state index in [1.807, 2.05) is 31.2 Å². The van der Waals surface area contributed by atoms with Gasteiger partial charge in [-0.25, -0.2) is 14.8 Å². The first-order valence-electron chi connectivity index (χ1n) is 8.01. The number of aromatic amines is 1. The largest absolute Gasteiger partial charge is 0.384 e. The number of nitrogens with two attached hydrogens (primary N) is 1. The standard InChI is InChI=1S/C17H17N5O3S/c1-2-7-22-14(18)13(15(24)21-17(22)25)12(23)8-26-16-10-5-3-4-6-11(10)19-9-20-16/h3-6,9H,2,7-8,18H2,1H3,(H,21,24,25). The van der Waals surface area contributed by atoms with Crippen LogP contribution < -0.4 is 17.0 Å². The number of para-hydroxylation sites is 1. The summed E-state index contributed by atoms with van der Waals surface area (Å²) in [5.74, 6) is -0.585. The third-order valence-electron chi connectivity index (χ3n) is 3.81. The number of hydrogen-bond donors (Lipinski definition) is 2. The van der Waals surface area contributed by atoms with Gasteiger partial charge in [-0.05, 0) is 12.5 Å². The number of Topliss-reactive ketones (excluding diaryl/α,β-unsaturated/α-hetero) is 1.